The van der Waals surface area contributed by atoms with Crippen LogP contribution in [-0.2, 0) is 0 Å². The van der Waals surface area contributed by atoms with Gasteiger partial charge in [0.05, 0.1) is 0 Å². The van der Waals surface area contributed by atoms with E-state index < -0.39 is 0 Å². The average Bonchev–Trinajstić information content (AvgIpc) is 2.04. The molecule has 0 heterocycles. The molecule has 0 aliphatic rings. The van der Waals surface area contributed by atoms with Gasteiger partial charge in [-0.15, -0.1) is 0 Å². The molecule has 1 aromatic carbocycles. The molecule has 0 atom stereocenters. The van der Waals surface area contributed by atoms with Crippen molar-refractivity contribution in [3.63, 3.8) is 0 Å². The minimum atomic E-state index is 0.869. The summed E-state index contributed by atoms with van der Waals surface area (Å²) in [6.45, 7) is 3.01. The van der Waals surface area contributed by atoms with E-state index in [1.807, 2.05) is 0 Å². The van der Waals surface area contributed by atoms with E-state index in [2.05, 4.69) is 49.1 Å². The molecular formula is C9H13NS. The van der Waals surface area contributed by atoms with Crippen molar-refractivity contribution in [3.8, 4) is 0 Å². The van der Waals surface area contributed by atoms with Crippen molar-refractivity contribution in [2.24, 2.45) is 0 Å². The van der Waals surface area contributed by atoms with Crippen LogP contribution >= 0.6 is 12.6 Å². The first-order valence-electron chi connectivity index (χ1n) is 3.74. The van der Waals surface area contributed by atoms with Crippen molar-refractivity contribution in [1.29, 1.82) is 0 Å². The molecular weight excluding hydrogens is 154 g/mol. The second-order valence-corrected chi connectivity index (χ2v) is 2.96. The van der Waals surface area contributed by atoms with Gasteiger partial charge >= 0.3 is 0 Å². The van der Waals surface area contributed by atoms with Crippen molar-refractivity contribution >= 4 is 18.3 Å². The molecule has 0 radical (unpaired) electrons. The van der Waals surface area contributed by atoms with E-state index in [9.17, 15) is 0 Å². The minimum Gasteiger partial charge on any atom is -0.384 e. The Kier molecular flexibility index (Phi) is 3.30. The van der Waals surface area contributed by atoms with Crippen LogP contribution in [0.2, 0.25) is 0 Å². The lowest BCUT2D eigenvalue weighted by atomic mass is 10.2. The third-order valence-corrected chi connectivity index (χ3v) is 1.72. The summed E-state index contributed by atoms with van der Waals surface area (Å²) in [5, 5.41) is 3.25. The second-order valence-electron chi connectivity index (χ2n) is 2.52. The lowest BCUT2D eigenvalue weighted by Crippen LogP contribution is -2.01. The summed E-state index contributed by atoms with van der Waals surface area (Å²) in [5.41, 5.74) is 2.46. The fourth-order valence-corrected chi connectivity index (χ4v) is 0.983. The van der Waals surface area contributed by atoms with E-state index in [-0.39, 0.29) is 0 Å². The van der Waals surface area contributed by atoms with Gasteiger partial charge in [0.2, 0.25) is 0 Å². The zero-order valence-electron chi connectivity index (χ0n) is 6.67. The Hall–Kier alpha value is -0.630. The highest BCUT2D eigenvalue weighted by Crippen LogP contribution is 2.07. The molecule has 0 aromatic heterocycles. The molecule has 0 saturated carbocycles. The first-order chi connectivity index (χ1) is 5.33. The maximum atomic E-state index is 4.11. The summed E-state index contributed by atoms with van der Waals surface area (Å²) in [7, 11) is 0. The summed E-state index contributed by atoms with van der Waals surface area (Å²) in [4.78, 5) is 0. The van der Waals surface area contributed by atoms with Crippen molar-refractivity contribution in [1.82, 2.24) is 0 Å². The topological polar surface area (TPSA) is 12.0 Å². The normalized spacial score (nSPS) is 9.64. The first kappa shape index (κ1) is 8.47. The molecule has 0 unspecified atom stereocenters. The predicted octanol–water partition coefficient (Wildman–Crippen LogP) is 2.34. The molecule has 0 aliphatic carbocycles. The molecule has 0 amide bonds. The fourth-order valence-electron chi connectivity index (χ4n) is 0.872. The number of rotatable bonds is 3. The molecule has 1 rings (SSSR count). The van der Waals surface area contributed by atoms with Crippen molar-refractivity contribution in [2.75, 3.05) is 17.6 Å². The summed E-state index contributed by atoms with van der Waals surface area (Å²) >= 11 is 4.11. The molecule has 60 valence electrons. The monoisotopic (exact) mass is 167 g/mol. The van der Waals surface area contributed by atoms with Crippen LogP contribution in [0, 0.1) is 6.92 Å². The maximum Gasteiger partial charge on any atom is 0.0340 e. The predicted molar refractivity (Wildman–Crippen MR) is 53.5 cm³/mol. The Morgan fingerprint density at radius 3 is 2.45 bits per heavy atom. The minimum absolute atomic E-state index is 0.869. The Morgan fingerprint density at radius 2 is 1.91 bits per heavy atom. The van der Waals surface area contributed by atoms with Crippen LogP contribution in [-0.4, -0.2) is 12.3 Å². The van der Waals surface area contributed by atoms with E-state index in [4.69, 9.17) is 0 Å². The van der Waals surface area contributed by atoms with Gasteiger partial charge in [-0.05, 0) is 19.1 Å². The summed E-state index contributed by atoms with van der Waals surface area (Å²) in [6, 6.07) is 8.36. The van der Waals surface area contributed by atoms with Gasteiger partial charge in [-0.25, -0.2) is 0 Å². The van der Waals surface area contributed by atoms with E-state index in [1.165, 1.54) is 11.3 Å². The number of aryl methyl sites for hydroxylation is 1. The number of hydrogen-bond acceptors (Lipinski definition) is 2. The van der Waals surface area contributed by atoms with Gasteiger partial charge < -0.3 is 5.32 Å². The molecule has 0 spiro atoms. The number of anilines is 1. The largest absolute Gasteiger partial charge is 0.384 e. The highest BCUT2D eigenvalue weighted by atomic mass is 32.1. The smallest absolute Gasteiger partial charge is 0.0340 e. The highest BCUT2D eigenvalue weighted by molar-refractivity contribution is 7.80. The third-order valence-electron chi connectivity index (χ3n) is 1.49. The van der Waals surface area contributed by atoms with Crippen LogP contribution in [0.4, 0.5) is 5.69 Å². The summed E-state index contributed by atoms with van der Waals surface area (Å²) in [6.07, 6.45) is 0. The summed E-state index contributed by atoms with van der Waals surface area (Å²) < 4.78 is 0. The molecule has 0 fully saturated rings. The van der Waals surface area contributed by atoms with Crippen molar-refractivity contribution in [2.45, 2.75) is 6.92 Å². The Morgan fingerprint density at radius 1 is 1.27 bits per heavy atom. The van der Waals surface area contributed by atoms with Gasteiger partial charge in [0, 0.05) is 18.0 Å². The molecule has 0 bridgehead atoms. The quantitative estimate of drug-likeness (QED) is 0.658. The van der Waals surface area contributed by atoms with E-state index in [1.54, 1.807) is 0 Å². The Balaban J connectivity index is 2.52. The SMILES string of the molecule is Cc1ccc(NCCS)cc1. The zero-order chi connectivity index (χ0) is 8.10. The lowest BCUT2D eigenvalue weighted by molar-refractivity contribution is 1.23. The van der Waals surface area contributed by atoms with Gasteiger partial charge in [0.25, 0.3) is 0 Å². The Labute approximate surface area is 73.2 Å². The van der Waals surface area contributed by atoms with E-state index >= 15 is 0 Å². The molecule has 0 aliphatic heterocycles. The van der Waals surface area contributed by atoms with Crippen LogP contribution in [0.3, 0.4) is 0 Å². The molecule has 1 N–H and O–H groups in total. The number of thiol groups is 1. The van der Waals surface area contributed by atoms with Gasteiger partial charge in [-0.2, -0.15) is 12.6 Å². The molecule has 0 saturated heterocycles. The second kappa shape index (κ2) is 4.29. The lowest BCUT2D eigenvalue weighted by Gasteiger charge is -2.03. The molecule has 11 heavy (non-hydrogen) atoms. The fraction of sp³-hybridized carbons (Fsp3) is 0.333. The van der Waals surface area contributed by atoms with Crippen LogP contribution in [0.25, 0.3) is 0 Å². The average molecular weight is 167 g/mol. The Bertz CT molecular complexity index is 205. The molecule has 1 nitrogen and oxygen atoms in total. The summed E-state index contributed by atoms with van der Waals surface area (Å²) in [5.74, 6) is 0.869. The third kappa shape index (κ3) is 2.85. The van der Waals surface area contributed by atoms with Gasteiger partial charge in [0.15, 0.2) is 0 Å². The van der Waals surface area contributed by atoms with Crippen LogP contribution in [0.1, 0.15) is 5.56 Å². The number of nitrogens with one attached hydrogen (secondary N) is 1. The molecule has 2 heteroatoms. The van der Waals surface area contributed by atoms with Crippen LogP contribution in [0.15, 0.2) is 24.3 Å². The standard InChI is InChI=1S/C9H13NS/c1-8-2-4-9(5-3-8)10-6-7-11/h2-5,10-11H,6-7H2,1H3. The van der Waals surface area contributed by atoms with Crippen molar-refractivity contribution < 1.29 is 0 Å². The van der Waals surface area contributed by atoms with E-state index in [0.717, 1.165) is 12.3 Å². The van der Waals surface area contributed by atoms with Crippen molar-refractivity contribution in [3.05, 3.63) is 29.8 Å². The van der Waals surface area contributed by atoms with E-state index in [0.29, 0.717) is 0 Å². The number of benzene rings is 1. The highest BCUT2D eigenvalue weighted by Gasteiger charge is 1.87. The number of hydrogen-bond donors (Lipinski definition) is 2. The van der Waals surface area contributed by atoms with Gasteiger partial charge in [-0.1, -0.05) is 17.7 Å². The van der Waals surface area contributed by atoms with Gasteiger partial charge in [-0.3, -0.25) is 0 Å². The maximum absolute atomic E-state index is 4.11. The first-order valence-corrected chi connectivity index (χ1v) is 4.37. The molecule has 1 aromatic rings. The van der Waals surface area contributed by atoms with Crippen LogP contribution in [0.5, 0.6) is 0 Å². The van der Waals surface area contributed by atoms with Gasteiger partial charge in [0.1, 0.15) is 0 Å². The zero-order valence-corrected chi connectivity index (χ0v) is 7.57. The van der Waals surface area contributed by atoms with Crippen LogP contribution < -0.4 is 5.32 Å².